The van der Waals surface area contributed by atoms with Gasteiger partial charge in [0.25, 0.3) is 10.0 Å². The fourth-order valence-corrected chi connectivity index (χ4v) is 5.00. The molecule has 0 amide bonds. The number of benzene rings is 1. The van der Waals surface area contributed by atoms with E-state index >= 15 is 0 Å². The van der Waals surface area contributed by atoms with Crippen LogP contribution in [0.4, 0.5) is 36.2 Å². The van der Waals surface area contributed by atoms with E-state index < -0.39 is 27.7 Å². The lowest BCUT2D eigenvalue weighted by atomic mass is 10.1. The van der Waals surface area contributed by atoms with E-state index in [0.717, 1.165) is 30.7 Å². The van der Waals surface area contributed by atoms with E-state index in [4.69, 9.17) is 10.5 Å². The van der Waals surface area contributed by atoms with Crippen molar-refractivity contribution in [1.82, 2.24) is 24.7 Å². The van der Waals surface area contributed by atoms with Crippen LogP contribution < -0.4 is 20.5 Å². The fourth-order valence-electron chi connectivity index (χ4n) is 4.43. The minimum Gasteiger partial charge on any atom is -0.494 e. The molecule has 0 unspecified atom stereocenters. The Morgan fingerprint density at radius 1 is 1.15 bits per heavy atom. The van der Waals surface area contributed by atoms with Crippen molar-refractivity contribution in [1.29, 1.82) is 0 Å². The van der Waals surface area contributed by atoms with E-state index in [0.29, 0.717) is 16.9 Å². The van der Waals surface area contributed by atoms with Crippen molar-refractivity contribution in [3.63, 3.8) is 0 Å². The van der Waals surface area contributed by atoms with Gasteiger partial charge < -0.3 is 15.8 Å². The van der Waals surface area contributed by atoms with Gasteiger partial charge in [0.2, 0.25) is 6.01 Å². The van der Waals surface area contributed by atoms with E-state index in [9.17, 15) is 21.6 Å². The SMILES string of the molecule is CCOc1cc(F)c(Cn2nc(-c3nc(N)c(NS(=O)(=O)CF)c(Nc4ccncc4)n3)c(C)c2C2CC2)c(F)c1. The molecule has 1 aliphatic rings. The van der Waals surface area contributed by atoms with E-state index in [1.54, 1.807) is 26.0 Å². The Kier molecular flexibility index (Phi) is 7.71. The van der Waals surface area contributed by atoms with Crippen LogP contribution in [0, 0.1) is 18.6 Å². The number of halogens is 3. The van der Waals surface area contributed by atoms with Gasteiger partial charge in [-0.2, -0.15) is 5.10 Å². The maximum atomic E-state index is 14.9. The molecule has 216 valence electrons. The smallest absolute Gasteiger partial charge is 0.262 e. The lowest BCUT2D eigenvalue weighted by molar-refractivity contribution is 0.335. The first-order valence-corrected chi connectivity index (χ1v) is 14.3. The highest BCUT2D eigenvalue weighted by Gasteiger charge is 2.33. The molecule has 0 saturated heterocycles. The molecule has 0 aliphatic heterocycles. The van der Waals surface area contributed by atoms with Crippen LogP contribution in [-0.2, 0) is 16.6 Å². The summed E-state index contributed by atoms with van der Waals surface area (Å²) in [5.41, 5.74) is 7.97. The number of nitrogens with two attached hydrogens (primary N) is 1. The van der Waals surface area contributed by atoms with Crippen molar-refractivity contribution in [2.24, 2.45) is 0 Å². The van der Waals surface area contributed by atoms with Gasteiger partial charge in [0.15, 0.2) is 17.5 Å². The molecule has 0 bridgehead atoms. The summed E-state index contributed by atoms with van der Waals surface area (Å²) in [6, 6.07) is 3.80. The van der Waals surface area contributed by atoms with Crippen LogP contribution in [-0.4, -0.2) is 45.8 Å². The molecule has 1 saturated carbocycles. The van der Waals surface area contributed by atoms with Gasteiger partial charge in [-0.15, -0.1) is 0 Å². The summed E-state index contributed by atoms with van der Waals surface area (Å²) in [6.07, 6.45) is 4.77. The number of hydrogen-bond donors (Lipinski definition) is 3. The first-order valence-electron chi connectivity index (χ1n) is 12.7. The first-order chi connectivity index (χ1) is 19.6. The zero-order valence-electron chi connectivity index (χ0n) is 22.2. The van der Waals surface area contributed by atoms with E-state index in [2.05, 4.69) is 30.1 Å². The number of nitrogens with one attached hydrogen (secondary N) is 2. The number of nitrogens with zero attached hydrogens (tertiary/aromatic N) is 5. The average molecular weight is 589 g/mol. The van der Waals surface area contributed by atoms with Gasteiger partial charge in [0.05, 0.1) is 13.2 Å². The Bertz CT molecular complexity index is 1670. The van der Waals surface area contributed by atoms with Crippen molar-refractivity contribution in [3.8, 4) is 17.3 Å². The van der Waals surface area contributed by atoms with Gasteiger partial charge in [0.1, 0.15) is 28.8 Å². The third-order valence-corrected chi connectivity index (χ3v) is 7.23. The molecule has 4 aromatic rings. The third-order valence-electron chi connectivity index (χ3n) is 6.43. The molecule has 4 N–H and O–H groups in total. The summed E-state index contributed by atoms with van der Waals surface area (Å²) in [6.45, 7) is 3.59. The van der Waals surface area contributed by atoms with Gasteiger partial charge in [-0.25, -0.2) is 31.6 Å². The van der Waals surface area contributed by atoms with Crippen LogP contribution in [0.25, 0.3) is 11.5 Å². The molecule has 15 heteroatoms. The summed E-state index contributed by atoms with van der Waals surface area (Å²) in [4.78, 5) is 12.7. The molecule has 0 spiro atoms. The molecule has 1 aromatic carbocycles. The van der Waals surface area contributed by atoms with Crippen molar-refractivity contribution in [3.05, 3.63) is 65.1 Å². The summed E-state index contributed by atoms with van der Waals surface area (Å²) in [7, 11) is -4.38. The monoisotopic (exact) mass is 588 g/mol. The average Bonchev–Trinajstić information content (AvgIpc) is 3.71. The quantitative estimate of drug-likeness (QED) is 0.228. The number of alkyl halides is 1. The maximum absolute atomic E-state index is 14.9. The van der Waals surface area contributed by atoms with Crippen LogP contribution in [0.5, 0.6) is 5.75 Å². The summed E-state index contributed by atoms with van der Waals surface area (Å²) in [5.74, 6) is -1.61. The van der Waals surface area contributed by atoms with Crippen molar-refractivity contribution in [2.45, 2.75) is 39.2 Å². The van der Waals surface area contributed by atoms with E-state index in [1.165, 1.54) is 17.1 Å². The minimum atomic E-state index is -4.38. The molecule has 0 atom stereocenters. The van der Waals surface area contributed by atoms with Gasteiger partial charge >= 0.3 is 0 Å². The molecule has 11 nitrogen and oxygen atoms in total. The Balaban J connectivity index is 1.59. The van der Waals surface area contributed by atoms with Gasteiger partial charge in [0, 0.05) is 53.0 Å². The lowest BCUT2D eigenvalue weighted by Gasteiger charge is -2.15. The predicted molar refractivity (Wildman–Crippen MR) is 147 cm³/mol. The summed E-state index contributed by atoms with van der Waals surface area (Å²) >= 11 is 0. The second-order valence-corrected chi connectivity index (χ2v) is 11.1. The highest BCUT2D eigenvalue weighted by atomic mass is 32.2. The van der Waals surface area contributed by atoms with Crippen LogP contribution in [0.2, 0.25) is 0 Å². The molecule has 1 fully saturated rings. The topological polar surface area (TPSA) is 150 Å². The number of sulfonamides is 1. The highest BCUT2D eigenvalue weighted by Crippen LogP contribution is 2.44. The van der Waals surface area contributed by atoms with Crippen LogP contribution >= 0.6 is 0 Å². The number of aromatic nitrogens is 5. The largest absolute Gasteiger partial charge is 0.494 e. The number of anilines is 4. The van der Waals surface area contributed by atoms with Crippen LogP contribution in [0.3, 0.4) is 0 Å². The van der Waals surface area contributed by atoms with Crippen molar-refractivity contribution < 1.29 is 26.3 Å². The lowest BCUT2D eigenvalue weighted by Crippen LogP contribution is -2.18. The normalized spacial score (nSPS) is 13.3. The number of nitrogen functional groups attached to an aromatic ring is 1. The van der Waals surface area contributed by atoms with Crippen molar-refractivity contribution in [2.75, 3.05) is 28.4 Å². The first kappa shape index (κ1) is 28.1. The standard InChI is InChI=1S/C26H27F3N8O3S/c1-3-40-17-10-19(28)18(20(29)11-17)12-37-23(15-4-5-15)14(2)21(35-37)25-33-24(30)22(36-41(38,39)13-27)26(34-25)32-16-6-8-31-9-7-16/h6-11,15,36H,3-5,12-13H2,1-2H3,(H3,30,31,32,33,34). The maximum Gasteiger partial charge on any atom is 0.262 e. The predicted octanol–water partition coefficient (Wildman–Crippen LogP) is 4.64. The molecular weight excluding hydrogens is 561 g/mol. The zero-order chi connectivity index (χ0) is 29.3. The number of pyridine rings is 1. The summed E-state index contributed by atoms with van der Waals surface area (Å²) in [5, 5.41) is 7.57. The molecule has 41 heavy (non-hydrogen) atoms. The Morgan fingerprint density at radius 2 is 1.83 bits per heavy atom. The second-order valence-electron chi connectivity index (χ2n) is 9.43. The Hall–Kier alpha value is -4.40. The Labute approximate surface area is 234 Å². The van der Waals surface area contributed by atoms with Gasteiger partial charge in [-0.3, -0.25) is 14.4 Å². The molecule has 5 rings (SSSR count). The molecule has 0 radical (unpaired) electrons. The van der Waals surface area contributed by atoms with Gasteiger partial charge in [-0.1, -0.05) is 0 Å². The molecule has 3 heterocycles. The Morgan fingerprint density at radius 3 is 2.44 bits per heavy atom. The van der Waals surface area contributed by atoms with E-state index in [-0.39, 0.29) is 53.5 Å². The minimum absolute atomic E-state index is 0.0352. The molecule has 3 aromatic heterocycles. The zero-order valence-corrected chi connectivity index (χ0v) is 23.0. The van der Waals surface area contributed by atoms with Crippen molar-refractivity contribution >= 4 is 33.0 Å². The van der Waals surface area contributed by atoms with E-state index in [1.807, 2.05) is 0 Å². The third kappa shape index (κ3) is 6.04. The van der Waals surface area contributed by atoms with Crippen LogP contribution in [0.15, 0.2) is 36.7 Å². The van der Waals surface area contributed by atoms with Crippen LogP contribution in [0.1, 0.15) is 42.5 Å². The molecular formula is C26H27F3N8O3S. The number of hydrogen-bond acceptors (Lipinski definition) is 9. The number of ether oxygens (including phenoxy) is 1. The molecule has 1 aliphatic carbocycles. The number of rotatable bonds is 11. The fraction of sp³-hybridized carbons (Fsp3) is 0.308. The van der Waals surface area contributed by atoms with Gasteiger partial charge in [-0.05, 0) is 38.8 Å². The summed E-state index contributed by atoms with van der Waals surface area (Å²) < 4.78 is 75.9. The second kappa shape index (κ2) is 11.2. The highest BCUT2D eigenvalue weighted by molar-refractivity contribution is 7.92.